The summed E-state index contributed by atoms with van der Waals surface area (Å²) in [5.74, 6) is -2.42. The van der Waals surface area contributed by atoms with Crippen molar-refractivity contribution < 1.29 is 28.7 Å². The van der Waals surface area contributed by atoms with E-state index in [4.69, 9.17) is 4.74 Å². The Morgan fingerprint density at radius 1 is 0.930 bits per heavy atom. The molecule has 3 atom stereocenters. The summed E-state index contributed by atoms with van der Waals surface area (Å²) in [5.41, 5.74) is 2.22. The second-order valence-electron chi connectivity index (χ2n) is 10.7. The topological polar surface area (TPSA) is 134 Å². The number of ether oxygens (including phenoxy) is 1. The number of nitrogens with zero attached hydrogens (tertiary/aromatic N) is 1. The first-order chi connectivity index (χ1) is 20.8. The summed E-state index contributed by atoms with van der Waals surface area (Å²) in [4.78, 5) is 67.3. The molecule has 43 heavy (non-hydrogen) atoms. The average molecular weight is 587 g/mol. The predicted molar refractivity (Wildman–Crippen MR) is 161 cm³/mol. The predicted octanol–water partition coefficient (Wildman–Crippen LogP) is 2.87. The van der Waals surface area contributed by atoms with Crippen LogP contribution in [0.1, 0.15) is 36.8 Å². The van der Waals surface area contributed by atoms with E-state index < -0.39 is 47.7 Å². The molecule has 1 heterocycles. The van der Waals surface area contributed by atoms with Crippen LogP contribution in [0.15, 0.2) is 79.9 Å². The Kier molecular flexibility index (Phi) is 10.9. The van der Waals surface area contributed by atoms with Crippen LogP contribution in [0.3, 0.4) is 0 Å². The van der Waals surface area contributed by atoms with Crippen LogP contribution in [0, 0.1) is 5.92 Å². The Bertz CT molecular complexity index is 1340. The highest BCUT2D eigenvalue weighted by molar-refractivity contribution is 6.38. The summed E-state index contributed by atoms with van der Waals surface area (Å²) in [6.45, 7) is 7.62. The van der Waals surface area contributed by atoms with Crippen molar-refractivity contribution in [3.63, 3.8) is 0 Å². The average Bonchev–Trinajstić information content (AvgIpc) is 3.68. The Morgan fingerprint density at radius 2 is 1.60 bits per heavy atom. The number of allylic oxidation sites excluding steroid dienone is 1. The number of benzene rings is 2. The number of Topliss-reactive ketones (excluding diaryl/α,β-unsaturated/α-hetero) is 1. The van der Waals surface area contributed by atoms with Crippen molar-refractivity contribution in [2.45, 2.75) is 56.7 Å². The summed E-state index contributed by atoms with van der Waals surface area (Å²) in [7, 11) is 0. The molecule has 0 aromatic heterocycles. The molecule has 1 aliphatic carbocycles. The van der Waals surface area contributed by atoms with Gasteiger partial charge in [-0.3, -0.25) is 19.2 Å². The van der Waals surface area contributed by atoms with Gasteiger partial charge in [-0.1, -0.05) is 54.6 Å². The van der Waals surface area contributed by atoms with E-state index in [1.165, 1.54) is 11.0 Å². The van der Waals surface area contributed by atoms with E-state index in [2.05, 4.69) is 29.1 Å². The van der Waals surface area contributed by atoms with Crippen LogP contribution in [-0.2, 0) is 32.0 Å². The highest BCUT2D eigenvalue weighted by Gasteiger charge is 2.43. The van der Waals surface area contributed by atoms with E-state index in [0.29, 0.717) is 44.4 Å². The zero-order chi connectivity index (χ0) is 30.8. The quantitative estimate of drug-likeness (QED) is 0.244. The first-order valence-corrected chi connectivity index (χ1v) is 14.6. The van der Waals surface area contributed by atoms with Crippen LogP contribution in [0.25, 0.3) is 0 Å². The molecule has 2 aromatic rings. The molecule has 226 valence electrons. The zero-order valence-electron chi connectivity index (χ0n) is 24.1. The number of likely N-dealkylation sites (tertiary alicyclic amines) is 1. The largest absolute Gasteiger partial charge is 0.413 e. The van der Waals surface area contributed by atoms with Crippen molar-refractivity contribution in [1.82, 2.24) is 20.9 Å². The number of amides is 4. The Balaban J connectivity index is 1.51. The molecule has 1 aliphatic heterocycles. The molecule has 4 rings (SSSR count). The van der Waals surface area contributed by atoms with Gasteiger partial charge in [0.05, 0.1) is 6.04 Å². The van der Waals surface area contributed by atoms with Crippen LogP contribution < -0.4 is 20.7 Å². The van der Waals surface area contributed by atoms with Crippen molar-refractivity contribution >= 4 is 29.6 Å². The maximum atomic E-state index is 14.1. The molecule has 0 saturated carbocycles. The normalized spacial score (nSPS) is 17.2. The van der Waals surface area contributed by atoms with Gasteiger partial charge in [0.15, 0.2) is 0 Å². The Morgan fingerprint density at radius 3 is 2.26 bits per heavy atom. The van der Waals surface area contributed by atoms with Gasteiger partial charge in [-0.2, -0.15) is 0 Å². The van der Waals surface area contributed by atoms with Gasteiger partial charge < -0.3 is 25.6 Å². The number of ketones is 1. The third-order valence-corrected chi connectivity index (χ3v) is 7.81. The number of para-hydroxylation sites is 1. The Hall–Kier alpha value is -4.73. The number of rotatable bonds is 13. The zero-order valence-corrected chi connectivity index (χ0v) is 24.1. The van der Waals surface area contributed by atoms with Crippen molar-refractivity contribution in [2.24, 2.45) is 5.92 Å². The first kappa shape index (κ1) is 31.2. The lowest BCUT2D eigenvalue weighted by molar-refractivity contribution is -0.143. The number of nitrogens with one attached hydrogen (secondary N) is 3. The second-order valence-corrected chi connectivity index (χ2v) is 10.7. The monoisotopic (exact) mass is 586 g/mol. The van der Waals surface area contributed by atoms with Gasteiger partial charge in [-0.25, -0.2) is 4.79 Å². The fourth-order valence-electron chi connectivity index (χ4n) is 5.67. The van der Waals surface area contributed by atoms with Crippen molar-refractivity contribution in [2.75, 3.05) is 13.1 Å². The van der Waals surface area contributed by atoms with Gasteiger partial charge in [-0.05, 0) is 67.7 Å². The molecular formula is C33H38N4O6. The molecule has 0 spiro atoms. The van der Waals surface area contributed by atoms with E-state index in [0.717, 1.165) is 11.1 Å². The lowest BCUT2D eigenvalue weighted by atomic mass is 9.95. The molecule has 10 heteroatoms. The summed E-state index contributed by atoms with van der Waals surface area (Å²) < 4.78 is 5.45. The number of fused-ring (bicyclic) bond motifs is 1. The molecule has 2 aliphatic rings. The summed E-state index contributed by atoms with van der Waals surface area (Å²) in [6, 6.07) is 13.6. The second kappa shape index (κ2) is 14.9. The van der Waals surface area contributed by atoms with Crippen LogP contribution >= 0.6 is 0 Å². The molecule has 10 nitrogen and oxygen atoms in total. The van der Waals surface area contributed by atoms with Crippen LogP contribution in [0.4, 0.5) is 4.79 Å². The number of carbonyl (C=O) groups is 5. The van der Waals surface area contributed by atoms with Crippen molar-refractivity contribution in [1.29, 1.82) is 0 Å². The first-order valence-electron chi connectivity index (χ1n) is 14.6. The van der Waals surface area contributed by atoms with Gasteiger partial charge in [0.2, 0.25) is 17.6 Å². The van der Waals surface area contributed by atoms with E-state index in [-0.39, 0.29) is 18.9 Å². The van der Waals surface area contributed by atoms with E-state index >= 15 is 0 Å². The minimum atomic E-state index is -1.08. The van der Waals surface area contributed by atoms with Gasteiger partial charge in [0.1, 0.15) is 17.8 Å². The molecule has 1 saturated heterocycles. The van der Waals surface area contributed by atoms with E-state index in [1.807, 2.05) is 24.3 Å². The maximum absolute atomic E-state index is 14.1. The highest BCUT2D eigenvalue weighted by Crippen LogP contribution is 2.31. The standard InChI is InChI=1S/C33H38N4O6/c1-3-5-16-26(29(38)31(40)34-18-4-2)35-30(39)27-17-11-19-37(27)32(41)28(24-20-22-12-9-10-13-23(22)21-24)36-33(42)43-25-14-7-6-8-15-25/h3-4,6-10,12-15,24,26-28H,1-2,5,11,16-21H2,(H,34,40)(H,35,39)(H,36,42)/t26?,27-,28?/m0/s1. The smallest absolute Gasteiger partial charge is 0.410 e. The van der Waals surface area contributed by atoms with Crippen LogP contribution in [0.5, 0.6) is 5.75 Å². The van der Waals surface area contributed by atoms with Crippen LogP contribution in [-0.4, -0.2) is 65.7 Å². The highest BCUT2D eigenvalue weighted by atomic mass is 16.6. The molecule has 1 fully saturated rings. The fraction of sp³-hybridized carbons (Fsp3) is 0.364. The molecule has 0 radical (unpaired) electrons. The van der Waals surface area contributed by atoms with Gasteiger partial charge in [0.25, 0.3) is 5.91 Å². The lowest BCUT2D eigenvalue weighted by Crippen LogP contribution is -2.58. The third kappa shape index (κ3) is 7.97. The Labute approximate surface area is 251 Å². The lowest BCUT2D eigenvalue weighted by Gasteiger charge is -2.32. The molecule has 4 amide bonds. The van der Waals surface area contributed by atoms with Crippen LogP contribution in [0.2, 0.25) is 0 Å². The number of hydrogen-bond acceptors (Lipinski definition) is 6. The van der Waals surface area contributed by atoms with E-state index in [1.54, 1.807) is 36.4 Å². The van der Waals surface area contributed by atoms with Crippen molar-refractivity contribution in [3.8, 4) is 5.75 Å². The summed E-state index contributed by atoms with van der Waals surface area (Å²) in [5, 5.41) is 7.94. The fourth-order valence-corrected chi connectivity index (χ4v) is 5.67. The van der Waals surface area contributed by atoms with Gasteiger partial charge >= 0.3 is 6.09 Å². The van der Waals surface area contributed by atoms with Gasteiger partial charge in [-0.15, -0.1) is 13.2 Å². The summed E-state index contributed by atoms with van der Waals surface area (Å²) >= 11 is 0. The summed E-state index contributed by atoms with van der Waals surface area (Å²) in [6.07, 6.45) is 5.00. The molecular weight excluding hydrogens is 548 g/mol. The molecule has 2 aromatic carbocycles. The molecule has 3 N–H and O–H groups in total. The maximum Gasteiger partial charge on any atom is 0.413 e. The number of hydrogen-bond donors (Lipinski definition) is 3. The minimum absolute atomic E-state index is 0.115. The third-order valence-electron chi connectivity index (χ3n) is 7.81. The molecule has 0 bridgehead atoms. The van der Waals surface area contributed by atoms with Gasteiger partial charge in [0, 0.05) is 13.1 Å². The SMILES string of the molecule is C=CCCC(NC(=O)[C@@H]1CCCN1C(=O)C(NC(=O)Oc1ccccc1)C1Cc2ccccc2C1)C(=O)C(=O)NCC=C. The van der Waals surface area contributed by atoms with Crippen molar-refractivity contribution in [3.05, 3.63) is 91.0 Å². The minimum Gasteiger partial charge on any atom is -0.410 e. The molecule has 2 unspecified atom stereocenters. The number of carbonyl (C=O) groups excluding carboxylic acids is 5. The van der Waals surface area contributed by atoms with E-state index in [9.17, 15) is 24.0 Å².